The molecule has 0 aromatic heterocycles. The molecule has 0 saturated carbocycles. The van der Waals surface area contributed by atoms with Gasteiger partial charge in [-0.1, -0.05) is 12.7 Å². The lowest BCUT2D eigenvalue weighted by Gasteiger charge is -2.39. The van der Waals surface area contributed by atoms with Crippen LogP contribution in [0.4, 0.5) is 65.9 Å². The van der Waals surface area contributed by atoms with E-state index in [0.29, 0.717) is 6.08 Å². The molecule has 0 aliphatic carbocycles. The highest BCUT2D eigenvalue weighted by Crippen LogP contribution is 2.54. The number of alkyl halides is 14. The summed E-state index contributed by atoms with van der Waals surface area (Å²) in [4.78, 5) is 20.8. The van der Waals surface area contributed by atoms with Gasteiger partial charge >= 0.3 is 54.2 Å². The molecule has 0 N–H and O–H groups in total. The summed E-state index contributed by atoms with van der Waals surface area (Å²) in [5.74, 6) is -25.3. The van der Waals surface area contributed by atoms with E-state index in [1.54, 1.807) is 9.47 Å². The Bertz CT molecular complexity index is 729. The maximum atomic E-state index is 13.8. The van der Waals surface area contributed by atoms with Crippen LogP contribution in [0.2, 0.25) is 0 Å². The Morgan fingerprint density at radius 3 is 1.47 bits per heavy atom. The topological polar surface area (TPSA) is 61.8 Å². The Morgan fingerprint density at radius 2 is 1.16 bits per heavy atom. The van der Waals surface area contributed by atoms with Crippen LogP contribution in [0.25, 0.3) is 0 Å². The van der Waals surface area contributed by atoms with Gasteiger partial charge < -0.3 is 4.74 Å². The first-order chi connectivity index (χ1) is 13.8. The molecule has 2 unspecified atom stereocenters. The van der Waals surface area contributed by atoms with E-state index in [-0.39, 0.29) is 0 Å². The van der Waals surface area contributed by atoms with Crippen LogP contribution >= 0.6 is 0 Å². The third-order valence-electron chi connectivity index (χ3n) is 2.85. The molecule has 0 fully saturated rings. The van der Waals surface area contributed by atoms with Gasteiger partial charge in [0.25, 0.3) is 0 Å². The molecular formula is C12H5F15O5. The number of ether oxygens (including phenoxy) is 3. The van der Waals surface area contributed by atoms with Gasteiger partial charge in [-0.2, -0.15) is 65.9 Å². The first-order valence-corrected chi connectivity index (χ1v) is 6.87. The molecule has 0 aliphatic heterocycles. The SMILES string of the molecule is C=CCOC(=O)C(F)(F)C(F)(F)OC(F)(C(F)(F)F)C(F)(F)OC(F)(C(=O)F)C(F)(F)F. The van der Waals surface area contributed by atoms with Gasteiger partial charge in [0.1, 0.15) is 6.61 Å². The van der Waals surface area contributed by atoms with Gasteiger partial charge in [0.2, 0.25) is 0 Å². The minimum Gasteiger partial charge on any atom is -0.457 e. The van der Waals surface area contributed by atoms with Crippen molar-refractivity contribution < 1.29 is 89.7 Å². The van der Waals surface area contributed by atoms with Crippen molar-refractivity contribution in [3.05, 3.63) is 12.7 Å². The van der Waals surface area contributed by atoms with Gasteiger partial charge in [-0.3, -0.25) is 14.3 Å². The summed E-state index contributed by atoms with van der Waals surface area (Å²) in [6.07, 6.45) is -29.8. The molecule has 0 bridgehead atoms. The average molecular weight is 514 g/mol. The number of halogens is 15. The van der Waals surface area contributed by atoms with Crippen molar-refractivity contribution in [1.82, 2.24) is 0 Å². The van der Waals surface area contributed by atoms with E-state index in [1.165, 1.54) is 0 Å². The van der Waals surface area contributed by atoms with E-state index < -0.39 is 60.8 Å². The molecule has 0 aromatic carbocycles. The summed E-state index contributed by atoms with van der Waals surface area (Å²) in [5.41, 5.74) is 0. The molecule has 32 heavy (non-hydrogen) atoms. The summed E-state index contributed by atoms with van der Waals surface area (Å²) in [6.45, 7) is 1.37. The van der Waals surface area contributed by atoms with E-state index in [0.717, 1.165) is 0 Å². The standard InChI is InChI=1S/C12H5F15O5/c1-2-3-30-5(29)6(14,15)11(24,25)32-8(17,10(21,22)23)12(26,27)31-7(16,4(13)28)9(18,19)20/h2H,1,3H2. The number of hydrogen-bond acceptors (Lipinski definition) is 5. The molecule has 2 atom stereocenters. The predicted molar refractivity (Wildman–Crippen MR) is 64.1 cm³/mol. The van der Waals surface area contributed by atoms with E-state index in [4.69, 9.17) is 0 Å². The highest BCUT2D eigenvalue weighted by molar-refractivity contribution is 5.78. The molecule has 0 saturated heterocycles. The molecule has 0 radical (unpaired) electrons. The van der Waals surface area contributed by atoms with Crippen LogP contribution in [0, 0.1) is 0 Å². The molecule has 0 heterocycles. The van der Waals surface area contributed by atoms with Gasteiger partial charge in [-0.15, -0.1) is 0 Å². The second kappa shape index (κ2) is 8.60. The number of hydrogen-bond donors (Lipinski definition) is 0. The summed E-state index contributed by atoms with van der Waals surface area (Å²) in [6, 6.07) is -4.68. The zero-order valence-corrected chi connectivity index (χ0v) is 14.2. The summed E-state index contributed by atoms with van der Waals surface area (Å²) >= 11 is 0. The number of rotatable bonds is 10. The second-order valence-corrected chi connectivity index (χ2v) is 5.16. The van der Waals surface area contributed by atoms with Crippen molar-refractivity contribution in [3.8, 4) is 0 Å². The third-order valence-corrected chi connectivity index (χ3v) is 2.85. The van der Waals surface area contributed by atoms with Crippen molar-refractivity contribution in [1.29, 1.82) is 0 Å². The molecule has 5 nitrogen and oxygen atoms in total. The molecule has 0 amide bonds. The lowest BCUT2D eigenvalue weighted by molar-refractivity contribution is -0.535. The van der Waals surface area contributed by atoms with E-state index in [2.05, 4.69) is 11.3 Å². The zero-order chi connectivity index (χ0) is 26.2. The maximum Gasteiger partial charge on any atom is 0.459 e. The van der Waals surface area contributed by atoms with Crippen LogP contribution in [-0.4, -0.2) is 60.8 Å². The zero-order valence-electron chi connectivity index (χ0n) is 14.2. The Labute approximate surface area is 164 Å². The average Bonchev–Trinajstić information content (AvgIpc) is 2.56. The fraction of sp³-hybridized carbons (Fsp3) is 0.667. The molecule has 0 spiro atoms. The maximum absolute atomic E-state index is 13.8. The minimum atomic E-state index is -7.86. The van der Waals surface area contributed by atoms with Crippen molar-refractivity contribution in [2.24, 2.45) is 0 Å². The van der Waals surface area contributed by atoms with Gasteiger partial charge in [0.15, 0.2) is 0 Å². The minimum absolute atomic E-state index is 0.413. The normalized spacial score (nSPS) is 17.8. The van der Waals surface area contributed by atoms with Crippen molar-refractivity contribution in [2.45, 2.75) is 42.2 Å². The van der Waals surface area contributed by atoms with Crippen LogP contribution in [0.3, 0.4) is 0 Å². The molecular weight excluding hydrogens is 509 g/mol. The summed E-state index contributed by atoms with van der Waals surface area (Å²) in [5, 5.41) is 0. The van der Waals surface area contributed by atoms with Crippen LogP contribution < -0.4 is 0 Å². The molecule has 0 aromatic rings. The van der Waals surface area contributed by atoms with Crippen molar-refractivity contribution in [2.75, 3.05) is 6.61 Å². The quantitative estimate of drug-likeness (QED) is 0.186. The van der Waals surface area contributed by atoms with Gasteiger partial charge in [0.05, 0.1) is 0 Å². The van der Waals surface area contributed by atoms with Crippen LogP contribution in [0.5, 0.6) is 0 Å². The molecule has 0 aliphatic rings. The van der Waals surface area contributed by atoms with E-state index in [9.17, 15) is 75.4 Å². The lowest BCUT2D eigenvalue weighted by Crippen LogP contribution is -2.67. The summed E-state index contributed by atoms with van der Waals surface area (Å²) in [7, 11) is 0. The monoisotopic (exact) mass is 514 g/mol. The number of carbonyl (C=O) groups excluding carboxylic acids is 2. The lowest BCUT2D eigenvalue weighted by atomic mass is 10.2. The second-order valence-electron chi connectivity index (χ2n) is 5.16. The predicted octanol–water partition coefficient (Wildman–Crippen LogP) is 4.52. The number of esters is 1. The number of carbonyl (C=O) groups is 2. The molecule has 188 valence electrons. The Kier molecular flexibility index (Phi) is 7.99. The third kappa shape index (κ3) is 5.21. The van der Waals surface area contributed by atoms with E-state index >= 15 is 0 Å². The highest BCUT2D eigenvalue weighted by Gasteiger charge is 2.84. The first kappa shape index (κ1) is 29.8. The van der Waals surface area contributed by atoms with Crippen molar-refractivity contribution >= 4 is 12.0 Å². The fourth-order valence-corrected chi connectivity index (χ4v) is 1.32. The van der Waals surface area contributed by atoms with Gasteiger partial charge in [-0.05, 0) is 0 Å². The fourth-order valence-electron chi connectivity index (χ4n) is 1.32. The van der Waals surface area contributed by atoms with Crippen LogP contribution in [0.1, 0.15) is 0 Å². The Balaban J connectivity index is 6.53. The van der Waals surface area contributed by atoms with Crippen LogP contribution in [-0.2, 0) is 23.8 Å². The smallest absolute Gasteiger partial charge is 0.457 e. The van der Waals surface area contributed by atoms with E-state index in [1.807, 2.05) is 0 Å². The highest BCUT2D eigenvalue weighted by atomic mass is 19.4. The van der Waals surface area contributed by atoms with Gasteiger partial charge in [-0.25, -0.2) is 4.79 Å². The van der Waals surface area contributed by atoms with Crippen LogP contribution in [0.15, 0.2) is 12.7 Å². The van der Waals surface area contributed by atoms with Gasteiger partial charge in [0, 0.05) is 0 Å². The largest absolute Gasteiger partial charge is 0.459 e. The summed E-state index contributed by atoms with van der Waals surface area (Å²) < 4.78 is 201. The Morgan fingerprint density at radius 1 is 0.719 bits per heavy atom. The molecule has 0 rings (SSSR count). The molecule has 20 heteroatoms. The Hall–Kier alpha value is -2.25. The first-order valence-electron chi connectivity index (χ1n) is 6.87. The van der Waals surface area contributed by atoms with Crippen molar-refractivity contribution in [3.63, 3.8) is 0 Å².